The number of aromatic nitrogens is 3. The Kier molecular flexibility index (Phi) is 3.74. The van der Waals surface area contributed by atoms with Gasteiger partial charge in [-0.05, 0) is 18.6 Å². The molecule has 1 saturated heterocycles. The number of hydrogen-bond acceptors (Lipinski definition) is 5. The van der Waals surface area contributed by atoms with E-state index in [0.717, 1.165) is 11.0 Å². The molecule has 0 spiro atoms. The van der Waals surface area contributed by atoms with Crippen molar-refractivity contribution in [1.29, 1.82) is 5.26 Å². The molecule has 2 atom stereocenters. The molecule has 7 nitrogen and oxygen atoms in total. The van der Waals surface area contributed by atoms with Crippen molar-refractivity contribution in [3.8, 4) is 6.07 Å². The predicted octanol–water partition coefficient (Wildman–Crippen LogP) is 1.30. The Bertz CT molecular complexity index is 746. The minimum absolute atomic E-state index is 0.0321. The van der Waals surface area contributed by atoms with Crippen LogP contribution in [0.4, 0.5) is 5.82 Å². The Morgan fingerprint density at radius 3 is 3.18 bits per heavy atom. The molecule has 1 aliphatic heterocycles. The first-order chi connectivity index (χ1) is 10.7. The van der Waals surface area contributed by atoms with E-state index in [1.165, 1.54) is 12.4 Å². The van der Waals surface area contributed by atoms with Gasteiger partial charge in [-0.3, -0.25) is 4.79 Å². The van der Waals surface area contributed by atoms with Gasteiger partial charge in [0.15, 0.2) is 0 Å². The number of H-pyrrole nitrogens is 1. The van der Waals surface area contributed by atoms with E-state index >= 15 is 0 Å². The van der Waals surface area contributed by atoms with Crippen molar-refractivity contribution in [2.75, 3.05) is 18.4 Å². The van der Waals surface area contributed by atoms with Crippen molar-refractivity contribution in [3.63, 3.8) is 0 Å². The minimum Gasteiger partial charge on any atom is -0.365 e. The van der Waals surface area contributed by atoms with Crippen LogP contribution in [0.5, 0.6) is 0 Å². The number of carbonyl (C=O) groups excluding carboxylic acids is 1. The van der Waals surface area contributed by atoms with Crippen LogP contribution in [0.1, 0.15) is 6.42 Å². The number of anilines is 1. The topological polar surface area (TPSA) is 97.7 Å². The van der Waals surface area contributed by atoms with Gasteiger partial charge in [0.25, 0.3) is 0 Å². The molecule has 3 heterocycles. The summed E-state index contributed by atoms with van der Waals surface area (Å²) < 4.78 is 0. The van der Waals surface area contributed by atoms with Crippen LogP contribution in [0, 0.1) is 17.2 Å². The Labute approximate surface area is 127 Å². The monoisotopic (exact) mass is 296 g/mol. The van der Waals surface area contributed by atoms with Gasteiger partial charge >= 0.3 is 0 Å². The highest BCUT2D eigenvalue weighted by Crippen LogP contribution is 2.23. The van der Waals surface area contributed by atoms with Crippen LogP contribution in [-0.4, -0.2) is 44.9 Å². The number of amides is 1. The maximum Gasteiger partial charge on any atom is 0.246 e. The van der Waals surface area contributed by atoms with Crippen LogP contribution >= 0.6 is 0 Å². The maximum atomic E-state index is 11.8. The zero-order valence-electron chi connectivity index (χ0n) is 12.0. The summed E-state index contributed by atoms with van der Waals surface area (Å²) in [5.41, 5.74) is 0.754. The minimum atomic E-state index is -0.196. The third-order valence-corrected chi connectivity index (χ3v) is 3.81. The lowest BCUT2D eigenvalue weighted by molar-refractivity contribution is -0.127. The molecule has 0 aromatic carbocycles. The molecule has 7 heteroatoms. The van der Waals surface area contributed by atoms with Gasteiger partial charge in [-0.15, -0.1) is 0 Å². The van der Waals surface area contributed by atoms with Gasteiger partial charge in [0.2, 0.25) is 5.91 Å². The van der Waals surface area contributed by atoms with E-state index in [-0.39, 0.29) is 17.9 Å². The fourth-order valence-electron chi connectivity index (χ4n) is 2.79. The van der Waals surface area contributed by atoms with Gasteiger partial charge in [-0.1, -0.05) is 6.58 Å². The molecule has 0 radical (unpaired) electrons. The number of likely N-dealkylation sites (tertiary alicyclic amines) is 1. The lowest BCUT2D eigenvalue weighted by Crippen LogP contribution is -2.48. The van der Waals surface area contributed by atoms with Crippen molar-refractivity contribution < 1.29 is 4.79 Å². The van der Waals surface area contributed by atoms with Crippen LogP contribution in [0.25, 0.3) is 11.0 Å². The Morgan fingerprint density at radius 1 is 1.55 bits per heavy atom. The fourth-order valence-corrected chi connectivity index (χ4v) is 2.79. The summed E-state index contributed by atoms with van der Waals surface area (Å²) in [4.78, 5) is 24.9. The lowest BCUT2D eigenvalue weighted by atomic mass is 9.95. The Balaban J connectivity index is 1.81. The highest BCUT2D eigenvalue weighted by molar-refractivity contribution is 5.88. The third kappa shape index (κ3) is 2.63. The smallest absolute Gasteiger partial charge is 0.246 e. The summed E-state index contributed by atoms with van der Waals surface area (Å²) in [6.07, 6.45) is 5.24. The van der Waals surface area contributed by atoms with Gasteiger partial charge in [-0.2, -0.15) is 5.26 Å². The van der Waals surface area contributed by atoms with Crippen LogP contribution < -0.4 is 5.32 Å². The van der Waals surface area contributed by atoms with Gasteiger partial charge in [0.1, 0.15) is 17.8 Å². The molecule has 0 unspecified atom stereocenters. The molecular weight excluding hydrogens is 280 g/mol. The van der Waals surface area contributed by atoms with Gasteiger partial charge in [0, 0.05) is 25.3 Å². The average Bonchev–Trinajstić information content (AvgIpc) is 3.03. The first-order valence-corrected chi connectivity index (χ1v) is 7.07. The number of nitriles is 1. The van der Waals surface area contributed by atoms with Crippen molar-refractivity contribution >= 4 is 22.8 Å². The first-order valence-electron chi connectivity index (χ1n) is 7.07. The highest BCUT2D eigenvalue weighted by atomic mass is 16.2. The standard InChI is InChI=1S/C15H16N6O/c1-2-13(22)21-7-10(6-16)5-11(8-21)20-15-12-3-4-17-14(12)18-9-19-15/h2-4,9-11H,1,5,7-8H2,(H2,17,18,19,20)/t10-,11-/m1/s1. The molecule has 112 valence electrons. The van der Waals surface area contributed by atoms with E-state index in [2.05, 4.69) is 32.9 Å². The highest BCUT2D eigenvalue weighted by Gasteiger charge is 2.29. The molecule has 1 fully saturated rings. The molecular formula is C15H16N6O. The molecule has 22 heavy (non-hydrogen) atoms. The van der Waals surface area contributed by atoms with E-state index in [4.69, 9.17) is 0 Å². The second-order valence-corrected chi connectivity index (χ2v) is 5.31. The largest absolute Gasteiger partial charge is 0.365 e. The lowest BCUT2D eigenvalue weighted by Gasteiger charge is -2.35. The van der Waals surface area contributed by atoms with Crippen molar-refractivity contribution in [1.82, 2.24) is 19.9 Å². The summed E-state index contributed by atoms with van der Waals surface area (Å²) in [5.74, 6) is 0.362. The number of nitrogens with one attached hydrogen (secondary N) is 2. The molecule has 1 aliphatic rings. The van der Waals surface area contributed by atoms with Crippen molar-refractivity contribution in [2.24, 2.45) is 5.92 Å². The number of nitrogens with zero attached hydrogens (tertiary/aromatic N) is 4. The Hall–Kier alpha value is -2.88. The molecule has 0 saturated carbocycles. The van der Waals surface area contributed by atoms with E-state index in [1.54, 1.807) is 11.1 Å². The summed E-state index contributed by atoms with van der Waals surface area (Å²) in [7, 11) is 0. The normalized spacial score (nSPS) is 21.3. The number of piperidine rings is 1. The van der Waals surface area contributed by atoms with Crippen LogP contribution in [0.2, 0.25) is 0 Å². The molecule has 2 aromatic heterocycles. The second-order valence-electron chi connectivity index (χ2n) is 5.31. The fraction of sp³-hybridized carbons (Fsp3) is 0.333. The van der Waals surface area contributed by atoms with E-state index in [9.17, 15) is 10.1 Å². The average molecular weight is 296 g/mol. The Morgan fingerprint density at radius 2 is 2.41 bits per heavy atom. The third-order valence-electron chi connectivity index (χ3n) is 3.81. The van der Waals surface area contributed by atoms with E-state index in [0.29, 0.717) is 25.3 Å². The van der Waals surface area contributed by atoms with Gasteiger partial charge in [-0.25, -0.2) is 9.97 Å². The summed E-state index contributed by atoms with van der Waals surface area (Å²) >= 11 is 0. The molecule has 3 rings (SSSR count). The second kappa shape index (κ2) is 5.85. The first kappa shape index (κ1) is 14.1. The molecule has 2 aromatic rings. The van der Waals surface area contributed by atoms with E-state index in [1.807, 2.05) is 6.07 Å². The summed E-state index contributed by atoms with van der Waals surface area (Å²) in [5, 5.41) is 13.4. The zero-order valence-corrected chi connectivity index (χ0v) is 12.0. The molecule has 0 aliphatic carbocycles. The number of hydrogen-bond donors (Lipinski definition) is 2. The number of fused-ring (bicyclic) bond motifs is 1. The van der Waals surface area contributed by atoms with Crippen molar-refractivity contribution in [2.45, 2.75) is 12.5 Å². The zero-order chi connectivity index (χ0) is 15.5. The number of carbonyl (C=O) groups is 1. The molecule has 0 bridgehead atoms. The van der Waals surface area contributed by atoms with Crippen molar-refractivity contribution in [3.05, 3.63) is 31.2 Å². The predicted molar refractivity (Wildman–Crippen MR) is 81.8 cm³/mol. The SMILES string of the molecule is C=CC(=O)N1C[C@@H](C#N)C[C@@H](Nc2ncnc3[nH]ccc23)C1. The maximum absolute atomic E-state index is 11.8. The van der Waals surface area contributed by atoms with E-state index < -0.39 is 0 Å². The number of aromatic amines is 1. The van der Waals surface area contributed by atoms with Gasteiger partial charge in [0.05, 0.1) is 17.4 Å². The summed E-state index contributed by atoms with van der Waals surface area (Å²) in [6.45, 7) is 4.48. The van der Waals surface area contributed by atoms with Crippen LogP contribution in [0.3, 0.4) is 0 Å². The van der Waals surface area contributed by atoms with Gasteiger partial charge < -0.3 is 15.2 Å². The molecule has 1 amide bonds. The quantitative estimate of drug-likeness (QED) is 0.832. The summed E-state index contributed by atoms with van der Waals surface area (Å²) in [6, 6.07) is 4.12. The molecule has 2 N–H and O–H groups in total. The number of rotatable bonds is 3. The van der Waals surface area contributed by atoms with Crippen LogP contribution in [0.15, 0.2) is 31.2 Å². The van der Waals surface area contributed by atoms with Crippen LogP contribution in [-0.2, 0) is 4.79 Å².